The van der Waals surface area contributed by atoms with E-state index in [0.29, 0.717) is 0 Å². The van der Waals surface area contributed by atoms with Gasteiger partial charge in [-0.15, -0.1) is 0 Å². The number of hydrogen-bond acceptors (Lipinski definition) is 1. The van der Waals surface area contributed by atoms with Crippen LogP contribution in [-0.4, -0.2) is 10.5 Å². The van der Waals surface area contributed by atoms with Crippen molar-refractivity contribution < 1.29 is 0 Å². The van der Waals surface area contributed by atoms with Crippen LogP contribution in [0.1, 0.15) is 33.1 Å². The Morgan fingerprint density at radius 2 is 2.00 bits per heavy atom. The van der Waals surface area contributed by atoms with Crippen molar-refractivity contribution >= 4 is 22.6 Å². The Bertz CT molecular complexity index is 69.7. The van der Waals surface area contributed by atoms with Crippen molar-refractivity contribution in [3.63, 3.8) is 0 Å². The summed E-state index contributed by atoms with van der Waals surface area (Å²) >= 11 is 2.47. The molecule has 0 radical (unpaired) electrons. The van der Waals surface area contributed by atoms with Gasteiger partial charge in [0.05, 0.1) is 0 Å². The lowest BCUT2D eigenvalue weighted by Crippen LogP contribution is -2.14. The summed E-state index contributed by atoms with van der Waals surface area (Å²) in [6.45, 7) is 5.33. The second-order valence-electron chi connectivity index (χ2n) is 2.87. The van der Waals surface area contributed by atoms with Crippen LogP contribution >= 0.6 is 22.6 Å². The Morgan fingerprint density at radius 1 is 1.40 bits per heavy atom. The fourth-order valence-corrected chi connectivity index (χ4v) is 1.31. The molecular formula is C8H18IN. The van der Waals surface area contributed by atoms with E-state index in [1.165, 1.54) is 19.3 Å². The predicted octanol–water partition coefficient (Wildman–Crippen LogP) is 2.58. The van der Waals surface area contributed by atoms with Gasteiger partial charge in [-0.3, -0.25) is 0 Å². The molecule has 0 aliphatic heterocycles. The monoisotopic (exact) mass is 255 g/mol. The van der Waals surface area contributed by atoms with Gasteiger partial charge in [-0.2, -0.15) is 0 Å². The van der Waals surface area contributed by atoms with E-state index in [4.69, 9.17) is 5.73 Å². The zero-order valence-corrected chi connectivity index (χ0v) is 9.10. The zero-order valence-electron chi connectivity index (χ0n) is 6.94. The molecule has 2 unspecified atom stereocenters. The molecule has 0 aromatic carbocycles. The quantitative estimate of drug-likeness (QED) is 0.593. The lowest BCUT2D eigenvalue weighted by Gasteiger charge is -2.12. The molecule has 0 bridgehead atoms. The van der Waals surface area contributed by atoms with Crippen molar-refractivity contribution in [2.75, 3.05) is 6.54 Å². The first-order valence-electron chi connectivity index (χ1n) is 4.04. The molecule has 2 atom stereocenters. The summed E-state index contributed by atoms with van der Waals surface area (Å²) in [4.78, 5) is 0. The Labute approximate surface area is 77.9 Å². The average Bonchev–Trinajstić information content (AvgIpc) is 1.90. The van der Waals surface area contributed by atoms with Gasteiger partial charge in [0.15, 0.2) is 0 Å². The third-order valence-corrected chi connectivity index (χ3v) is 2.51. The average molecular weight is 255 g/mol. The van der Waals surface area contributed by atoms with Crippen molar-refractivity contribution in [1.82, 2.24) is 0 Å². The number of hydrogen-bond donors (Lipinski definition) is 1. The van der Waals surface area contributed by atoms with Gasteiger partial charge in [0.2, 0.25) is 0 Å². The maximum Gasteiger partial charge on any atom is 0.00814 e. The first kappa shape index (κ1) is 10.7. The van der Waals surface area contributed by atoms with Crippen LogP contribution in [0.2, 0.25) is 0 Å². The summed E-state index contributed by atoms with van der Waals surface area (Å²) in [6, 6.07) is 0. The molecule has 0 aromatic rings. The SMILES string of the molecule is CCC(CN)CCC(C)I. The first-order chi connectivity index (χ1) is 4.70. The van der Waals surface area contributed by atoms with E-state index in [9.17, 15) is 0 Å². The summed E-state index contributed by atoms with van der Waals surface area (Å²) < 4.78 is 0.804. The summed E-state index contributed by atoms with van der Waals surface area (Å²) in [7, 11) is 0. The molecule has 0 saturated carbocycles. The van der Waals surface area contributed by atoms with Gasteiger partial charge in [-0.25, -0.2) is 0 Å². The maximum atomic E-state index is 5.57. The molecule has 62 valence electrons. The predicted molar refractivity (Wildman–Crippen MR) is 55.6 cm³/mol. The van der Waals surface area contributed by atoms with Gasteiger partial charge in [-0.1, -0.05) is 42.9 Å². The second-order valence-corrected chi connectivity index (χ2v) is 4.99. The van der Waals surface area contributed by atoms with Gasteiger partial charge in [0.25, 0.3) is 0 Å². The van der Waals surface area contributed by atoms with E-state index in [1.54, 1.807) is 0 Å². The molecule has 10 heavy (non-hydrogen) atoms. The van der Waals surface area contributed by atoms with Crippen molar-refractivity contribution in [1.29, 1.82) is 0 Å². The Morgan fingerprint density at radius 3 is 2.30 bits per heavy atom. The van der Waals surface area contributed by atoms with E-state index in [0.717, 1.165) is 16.4 Å². The van der Waals surface area contributed by atoms with E-state index in [-0.39, 0.29) is 0 Å². The fraction of sp³-hybridized carbons (Fsp3) is 1.00. The summed E-state index contributed by atoms with van der Waals surface area (Å²) in [5.41, 5.74) is 5.57. The molecule has 0 amide bonds. The number of nitrogens with two attached hydrogens (primary N) is 1. The van der Waals surface area contributed by atoms with Crippen molar-refractivity contribution in [3.05, 3.63) is 0 Å². The molecular weight excluding hydrogens is 237 g/mol. The molecule has 0 aliphatic carbocycles. The van der Waals surface area contributed by atoms with E-state index in [2.05, 4.69) is 36.4 Å². The normalized spacial score (nSPS) is 16.8. The number of halogens is 1. The highest BCUT2D eigenvalue weighted by atomic mass is 127. The standard InChI is InChI=1S/C8H18IN/c1-3-8(6-10)5-4-7(2)9/h7-8H,3-6,10H2,1-2H3. The second kappa shape index (κ2) is 6.40. The highest BCUT2D eigenvalue weighted by Gasteiger charge is 2.04. The van der Waals surface area contributed by atoms with Gasteiger partial charge >= 0.3 is 0 Å². The highest BCUT2D eigenvalue weighted by molar-refractivity contribution is 14.1. The van der Waals surface area contributed by atoms with Crippen LogP contribution in [0.15, 0.2) is 0 Å². The lowest BCUT2D eigenvalue weighted by atomic mass is 10.00. The first-order valence-corrected chi connectivity index (χ1v) is 5.29. The van der Waals surface area contributed by atoms with Crippen molar-refractivity contribution in [2.45, 2.75) is 37.0 Å². The molecule has 0 aliphatic rings. The van der Waals surface area contributed by atoms with E-state index >= 15 is 0 Å². The van der Waals surface area contributed by atoms with Crippen molar-refractivity contribution in [3.8, 4) is 0 Å². The van der Waals surface area contributed by atoms with E-state index < -0.39 is 0 Å². The van der Waals surface area contributed by atoms with Crippen LogP contribution in [0, 0.1) is 5.92 Å². The van der Waals surface area contributed by atoms with Crippen LogP contribution in [0.4, 0.5) is 0 Å². The van der Waals surface area contributed by atoms with Gasteiger partial charge in [-0.05, 0) is 25.3 Å². The van der Waals surface area contributed by atoms with E-state index in [1.807, 2.05) is 0 Å². The highest BCUT2D eigenvalue weighted by Crippen LogP contribution is 2.14. The maximum absolute atomic E-state index is 5.57. The number of alkyl halides is 1. The molecule has 0 heterocycles. The molecule has 2 N–H and O–H groups in total. The minimum Gasteiger partial charge on any atom is -0.330 e. The van der Waals surface area contributed by atoms with Crippen LogP contribution in [0.3, 0.4) is 0 Å². The number of rotatable bonds is 5. The molecule has 0 aromatic heterocycles. The molecule has 0 spiro atoms. The van der Waals surface area contributed by atoms with Crippen LogP contribution in [0.5, 0.6) is 0 Å². The molecule has 0 rings (SSSR count). The third-order valence-electron chi connectivity index (χ3n) is 1.88. The molecule has 1 nitrogen and oxygen atoms in total. The van der Waals surface area contributed by atoms with Gasteiger partial charge < -0.3 is 5.73 Å². The third kappa shape index (κ3) is 5.47. The molecule has 2 heteroatoms. The molecule has 0 fully saturated rings. The summed E-state index contributed by atoms with van der Waals surface area (Å²) in [6.07, 6.45) is 3.85. The van der Waals surface area contributed by atoms with Gasteiger partial charge in [0.1, 0.15) is 0 Å². The Balaban J connectivity index is 3.26. The van der Waals surface area contributed by atoms with Crippen LogP contribution in [0.25, 0.3) is 0 Å². The summed E-state index contributed by atoms with van der Waals surface area (Å²) in [5.74, 6) is 0.761. The van der Waals surface area contributed by atoms with Gasteiger partial charge in [0, 0.05) is 3.92 Å². The Hall–Kier alpha value is 0.690. The largest absolute Gasteiger partial charge is 0.330 e. The lowest BCUT2D eigenvalue weighted by molar-refractivity contribution is 0.467. The smallest absolute Gasteiger partial charge is 0.00814 e. The minimum absolute atomic E-state index is 0.761. The van der Waals surface area contributed by atoms with Crippen molar-refractivity contribution in [2.24, 2.45) is 11.7 Å². The minimum atomic E-state index is 0.761. The summed E-state index contributed by atoms with van der Waals surface area (Å²) in [5, 5.41) is 0. The van der Waals surface area contributed by atoms with Crippen LogP contribution in [-0.2, 0) is 0 Å². The Kier molecular flexibility index (Phi) is 6.85. The zero-order chi connectivity index (χ0) is 7.98. The molecule has 0 saturated heterocycles. The topological polar surface area (TPSA) is 26.0 Å². The fourth-order valence-electron chi connectivity index (χ4n) is 0.954. The van der Waals surface area contributed by atoms with Crippen LogP contribution < -0.4 is 5.73 Å².